The lowest BCUT2D eigenvalue weighted by Crippen LogP contribution is -2.03. The van der Waals surface area contributed by atoms with Crippen LogP contribution in [-0.2, 0) is 15.6 Å². The molecule has 0 amide bonds. The van der Waals surface area contributed by atoms with Crippen molar-refractivity contribution in [3.05, 3.63) is 51.3 Å². The second-order valence-electron chi connectivity index (χ2n) is 3.84. The summed E-state index contributed by atoms with van der Waals surface area (Å²) in [4.78, 5) is 10.2. The van der Waals surface area contributed by atoms with Crippen LogP contribution in [0.15, 0.2) is 35.5 Å². The van der Waals surface area contributed by atoms with Crippen molar-refractivity contribution in [2.24, 2.45) is 0 Å². The number of benzene rings is 1. The average Bonchev–Trinajstić information content (AvgIpc) is 2.79. The smallest absolute Gasteiger partial charge is 0.267 e. The summed E-state index contributed by atoms with van der Waals surface area (Å²) >= 11 is 5.70. The molecule has 106 valence electrons. The van der Waals surface area contributed by atoms with Crippen LogP contribution < -0.4 is 0 Å². The summed E-state index contributed by atoms with van der Waals surface area (Å²) in [6.07, 6.45) is 2.27. The first-order valence-electron chi connectivity index (χ1n) is 5.17. The number of nitro groups is 1. The molecule has 2 aromatic rings. The molecule has 0 N–H and O–H groups in total. The van der Waals surface area contributed by atoms with Crippen LogP contribution in [0.1, 0.15) is 5.56 Å². The quantitative estimate of drug-likeness (QED) is 0.485. The molecule has 10 heteroatoms. The maximum absolute atomic E-state index is 11.1. The molecule has 0 spiro atoms. The Balaban J connectivity index is 2.35. The lowest BCUT2D eigenvalue weighted by molar-refractivity contribution is -0.385. The van der Waals surface area contributed by atoms with Gasteiger partial charge in [-0.25, -0.2) is 8.42 Å². The molecule has 0 saturated heterocycles. The molecule has 0 aliphatic heterocycles. The van der Waals surface area contributed by atoms with Gasteiger partial charge < -0.3 is 0 Å². The Kier molecular flexibility index (Phi) is 3.98. The Bertz CT molecular complexity index is 773. The molecule has 0 fully saturated rings. The number of rotatable bonds is 4. The van der Waals surface area contributed by atoms with Crippen molar-refractivity contribution in [3.8, 4) is 0 Å². The zero-order chi connectivity index (χ0) is 14.9. The molecule has 0 aliphatic carbocycles. The van der Waals surface area contributed by atoms with Gasteiger partial charge in [0.2, 0.25) is 0 Å². The van der Waals surface area contributed by atoms with Gasteiger partial charge in [-0.1, -0.05) is 11.6 Å². The van der Waals surface area contributed by atoms with Crippen LogP contribution in [0.4, 0.5) is 5.69 Å². The van der Waals surface area contributed by atoms with Crippen LogP contribution in [0.5, 0.6) is 0 Å². The first-order valence-corrected chi connectivity index (χ1v) is 7.86. The second-order valence-corrected chi connectivity index (χ2v) is 6.84. The number of hydrogen-bond acceptors (Lipinski definition) is 5. The highest BCUT2D eigenvalue weighted by molar-refractivity contribution is 8.13. The number of hydrogen-bond donors (Lipinski definition) is 0. The Morgan fingerprint density at radius 2 is 2.10 bits per heavy atom. The van der Waals surface area contributed by atoms with E-state index in [1.165, 1.54) is 29.1 Å². The van der Waals surface area contributed by atoms with Crippen molar-refractivity contribution in [1.82, 2.24) is 9.78 Å². The van der Waals surface area contributed by atoms with E-state index >= 15 is 0 Å². The molecule has 1 heterocycles. The van der Waals surface area contributed by atoms with Crippen LogP contribution >= 0.6 is 22.3 Å². The van der Waals surface area contributed by atoms with E-state index in [4.69, 9.17) is 22.3 Å². The van der Waals surface area contributed by atoms with Gasteiger partial charge in [0.15, 0.2) is 0 Å². The third-order valence-corrected chi connectivity index (χ3v) is 4.01. The summed E-state index contributed by atoms with van der Waals surface area (Å²) in [5.41, 5.74) is 0.185. The third kappa shape index (κ3) is 3.27. The van der Waals surface area contributed by atoms with E-state index in [2.05, 4.69) is 5.10 Å². The molecule has 1 aromatic carbocycles. The topological polar surface area (TPSA) is 95.1 Å². The molecule has 0 unspecified atom stereocenters. The zero-order valence-electron chi connectivity index (χ0n) is 9.73. The molecule has 0 saturated carbocycles. The SMILES string of the molecule is O=[N+]([O-])c1cc(Cl)ccc1Cn1cc(S(=O)(=O)Cl)cn1. The van der Waals surface area contributed by atoms with Gasteiger partial charge in [0.05, 0.1) is 23.2 Å². The van der Waals surface area contributed by atoms with Crippen molar-refractivity contribution < 1.29 is 13.3 Å². The Labute approximate surface area is 123 Å². The van der Waals surface area contributed by atoms with E-state index < -0.39 is 14.0 Å². The van der Waals surface area contributed by atoms with Gasteiger partial charge in [0.25, 0.3) is 14.7 Å². The van der Waals surface area contributed by atoms with Crippen molar-refractivity contribution in [1.29, 1.82) is 0 Å². The van der Waals surface area contributed by atoms with Gasteiger partial charge in [-0.15, -0.1) is 0 Å². The van der Waals surface area contributed by atoms with Crippen molar-refractivity contribution >= 4 is 37.0 Å². The molecule has 0 radical (unpaired) electrons. The van der Waals surface area contributed by atoms with Gasteiger partial charge in [0.1, 0.15) is 4.90 Å². The predicted octanol–water partition coefficient (Wildman–Crippen LogP) is 2.42. The van der Waals surface area contributed by atoms with Crippen LogP contribution in [0.25, 0.3) is 0 Å². The number of aromatic nitrogens is 2. The molecular weight excluding hydrogens is 329 g/mol. The fourth-order valence-corrected chi connectivity index (χ4v) is 2.40. The standard InChI is InChI=1S/C10H7Cl2N3O4S/c11-8-2-1-7(10(3-8)15(16)17)5-14-6-9(4-13-14)20(12,18)19/h1-4,6H,5H2. The Hall–Kier alpha value is -1.64. The maximum atomic E-state index is 11.1. The van der Waals surface area contributed by atoms with Crippen molar-refractivity contribution in [2.75, 3.05) is 0 Å². The Morgan fingerprint density at radius 1 is 1.40 bits per heavy atom. The van der Waals surface area contributed by atoms with Gasteiger partial charge in [-0.3, -0.25) is 14.8 Å². The first kappa shape index (κ1) is 14.8. The highest BCUT2D eigenvalue weighted by Crippen LogP contribution is 2.24. The summed E-state index contributed by atoms with van der Waals surface area (Å²) in [6.45, 7) is 0.0277. The highest BCUT2D eigenvalue weighted by Gasteiger charge is 2.17. The first-order chi connectivity index (χ1) is 9.27. The van der Waals surface area contributed by atoms with Gasteiger partial charge in [-0.2, -0.15) is 5.10 Å². The summed E-state index contributed by atoms with van der Waals surface area (Å²) in [7, 11) is 1.30. The van der Waals surface area contributed by atoms with E-state index in [1.807, 2.05) is 0 Å². The molecule has 0 bridgehead atoms. The molecule has 7 nitrogen and oxygen atoms in total. The minimum atomic E-state index is -3.87. The summed E-state index contributed by atoms with van der Waals surface area (Å²) < 4.78 is 23.5. The van der Waals surface area contributed by atoms with Crippen molar-refractivity contribution in [2.45, 2.75) is 11.4 Å². The second kappa shape index (κ2) is 5.39. The van der Waals surface area contributed by atoms with E-state index in [9.17, 15) is 18.5 Å². The van der Waals surface area contributed by atoms with Gasteiger partial charge >= 0.3 is 0 Å². The molecule has 20 heavy (non-hydrogen) atoms. The zero-order valence-corrected chi connectivity index (χ0v) is 12.1. The molecular formula is C10H7Cl2N3O4S. The van der Waals surface area contributed by atoms with Crippen LogP contribution in [0.2, 0.25) is 5.02 Å². The van der Waals surface area contributed by atoms with E-state index in [0.29, 0.717) is 5.56 Å². The monoisotopic (exact) mass is 335 g/mol. The average molecular weight is 336 g/mol. The summed E-state index contributed by atoms with van der Waals surface area (Å²) in [6, 6.07) is 4.21. The van der Waals surface area contributed by atoms with Crippen LogP contribution in [-0.4, -0.2) is 23.1 Å². The fraction of sp³-hybridized carbons (Fsp3) is 0.100. The lowest BCUT2D eigenvalue weighted by atomic mass is 10.2. The fourth-order valence-electron chi connectivity index (χ4n) is 1.57. The largest absolute Gasteiger partial charge is 0.275 e. The molecule has 1 aromatic heterocycles. The summed E-state index contributed by atoms with van der Waals surface area (Å²) in [5.74, 6) is 0. The normalized spacial score (nSPS) is 11.5. The van der Waals surface area contributed by atoms with Crippen LogP contribution in [0, 0.1) is 10.1 Å². The molecule has 2 rings (SSSR count). The van der Waals surface area contributed by atoms with E-state index in [0.717, 1.165) is 6.20 Å². The minimum absolute atomic E-state index is 0.0277. The van der Waals surface area contributed by atoms with Crippen LogP contribution in [0.3, 0.4) is 0 Å². The summed E-state index contributed by atoms with van der Waals surface area (Å²) in [5, 5.41) is 15.0. The van der Waals surface area contributed by atoms with E-state index in [-0.39, 0.29) is 22.2 Å². The molecule has 0 atom stereocenters. The van der Waals surface area contributed by atoms with Crippen molar-refractivity contribution in [3.63, 3.8) is 0 Å². The van der Waals surface area contributed by atoms with E-state index in [1.54, 1.807) is 0 Å². The maximum Gasteiger partial charge on any atom is 0.275 e. The Morgan fingerprint density at radius 3 is 2.65 bits per heavy atom. The number of nitro benzene ring substituents is 1. The predicted molar refractivity (Wildman–Crippen MR) is 72.5 cm³/mol. The number of nitrogens with zero attached hydrogens (tertiary/aromatic N) is 3. The number of halogens is 2. The third-order valence-electron chi connectivity index (χ3n) is 2.47. The van der Waals surface area contributed by atoms with Gasteiger partial charge in [-0.05, 0) is 12.1 Å². The minimum Gasteiger partial charge on any atom is -0.267 e. The van der Waals surface area contributed by atoms with Gasteiger partial charge in [0, 0.05) is 28.0 Å². The molecule has 0 aliphatic rings. The highest BCUT2D eigenvalue weighted by atomic mass is 35.7. The lowest BCUT2D eigenvalue weighted by Gasteiger charge is -2.03.